The average Bonchev–Trinajstić information content (AvgIpc) is 2.79. The van der Waals surface area contributed by atoms with E-state index in [9.17, 15) is 14.0 Å². The first kappa shape index (κ1) is 17.0. The molecule has 2 aromatic carbocycles. The predicted octanol–water partition coefficient (Wildman–Crippen LogP) is 5.37. The molecule has 1 aliphatic heterocycles. The molecule has 0 spiro atoms. The van der Waals surface area contributed by atoms with E-state index in [0.717, 1.165) is 28.3 Å². The van der Waals surface area contributed by atoms with E-state index in [0.29, 0.717) is 15.5 Å². The zero-order valence-electron chi connectivity index (χ0n) is 12.1. The van der Waals surface area contributed by atoms with E-state index in [1.165, 1.54) is 12.1 Å². The fourth-order valence-electron chi connectivity index (χ4n) is 2.17. The van der Waals surface area contributed by atoms with Crippen molar-refractivity contribution in [1.29, 1.82) is 0 Å². The number of imide groups is 1. The summed E-state index contributed by atoms with van der Waals surface area (Å²) >= 11 is 12.6. The predicted molar refractivity (Wildman–Crippen MR) is 94.4 cm³/mol. The Morgan fingerprint density at radius 1 is 1.08 bits per heavy atom. The maximum Gasteiger partial charge on any atom is 0.293 e. The number of thioether (sulfide) groups is 1. The molecule has 0 radical (unpaired) electrons. The van der Waals surface area contributed by atoms with Crippen molar-refractivity contribution in [3.63, 3.8) is 0 Å². The second-order valence-corrected chi connectivity index (χ2v) is 6.89. The van der Waals surface area contributed by atoms with Crippen LogP contribution in [0.5, 0.6) is 0 Å². The molecule has 2 amide bonds. The van der Waals surface area contributed by atoms with Gasteiger partial charge in [-0.25, -0.2) is 4.39 Å². The van der Waals surface area contributed by atoms with E-state index in [2.05, 4.69) is 0 Å². The molecule has 0 aromatic heterocycles. The fraction of sp³-hybridized carbons (Fsp3) is 0.0588. The summed E-state index contributed by atoms with van der Waals surface area (Å²) in [5.74, 6) is -0.874. The summed E-state index contributed by atoms with van der Waals surface area (Å²) in [5, 5.41) is 0.377. The van der Waals surface area contributed by atoms with Gasteiger partial charge in [0.25, 0.3) is 11.1 Å². The van der Waals surface area contributed by atoms with Gasteiger partial charge in [0.05, 0.1) is 11.4 Å². The summed E-state index contributed by atoms with van der Waals surface area (Å²) in [6.07, 6.45) is 1.63. The van der Waals surface area contributed by atoms with Crippen molar-refractivity contribution in [3.05, 3.63) is 74.4 Å². The Kier molecular flexibility index (Phi) is 4.94. The van der Waals surface area contributed by atoms with Gasteiger partial charge in [-0.3, -0.25) is 14.5 Å². The molecule has 1 heterocycles. The number of benzene rings is 2. The molecule has 122 valence electrons. The van der Waals surface area contributed by atoms with Gasteiger partial charge in [0, 0.05) is 10.0 Å². The lowest BCUT2D eigenvalue weighted by atomic mass is 10.2. The van der Waals surface area contributed by atoms with Crippen molar-refractivity contribution in [1.82, 2.24) is 4.90 Å². The molecule has 3 nitrogen and oxygen atoms in total. The van der Waals surface area contributed by atoms with Crippen LogP contribution in [0.4, 0.5) is 9.18 Å². The molecule has 0 unspecified atom stereocenters. The van der Waals surface area contributed by atoms with Crippen LogP contribution in [0.15, 0.2) is 47.4 Å². The Labute approximate surface area is 152 Å². The number of hydrogen-bond donors (Lipinski definition) is 0. The van der Waals surface area contributed by atoms with Gasteiger partial charge in [-0.15, -0.1) is 0 Å². The van der Waals surface area contributed by atoms with E-state index < -0.39 is 11.7 Å². The Morgan fingerprint density at radius 2 is 1.79 bits per heavy atom. The highest BCUT2D eigenvalue weighted by Gasteiger charge is 2.35. The largest absolute Gasteiger partial charge is 0.293 e. The van der Waals surface area contributed by atoms with Gasteiger partial charge >= 0.3 is 0 Å². The molecule has 1 fully saturated rings. The minimum absolute atomic E-state index is 0.00172. The first-order valence-corrected chi connectivity index (χ1v) is 8.46. The molecular formula is C17H10Cl2FNO2S. The van der Waals surface area contributed by atoms with Crippen LogP contribution in [0.2, 0.25) is 10.0 Å². The summed E-state index contributed by atoms with van der Waals surface area (Å²) < 4.78 is 13.1. The zero-order chi connectivity index (χ0) is 17.3. The zero-order valence-corrected chi connectivity index (χ0v) is 14.5. The summed E-state index contributed by atoms with van der Waals surface area (Å²) in [7, 11) is 0. The lowest BCUT2D eigenvalue weighted by molar-refractivity contribution is -0.123. The molecular weight excluding hydrogens is 372 g/mol. The highest BCUT2D eigenvalue weighted by Crippen LogP contribution is 2.34. The Bertz CT molecular complexity index is 852. The van der Waals surface area contributed by atoms with Crippen LogP contribution in [0, 0.1) is 5.82 Å². The van der Waals surface area contributed by atoms with Gasteiger partial charge in [0.1, 0.15) is 5.82 Å². The molecule has 1 aliphatic rings. The summed E-state index contributed by atoms with van der Waals surface area (Å²) in [5.41, 5.74) is 1.28. The van der Waals surface area contributed by atoms with Gasteiger partial charge in [-0.05, 0) is 53.2 Å². The first-order valence-electron chi connectivity index (χ1n) is 6.89. The van der Waals surface area contributed by atoms with Crippen molar-refractivity contribution in [2.45, 2.75) is 6.54 Å². The average molecular weight is 382 g/mol. The van der Waals surface area contributed by atoms with Gasteiger partial charge in [0.2, 0.25) is 0 Å². The molecule has 0 saturated carbocycles. The van der Waals surface area contributed by atoms with Crippen molar-refractivity contribution >= 4 is 52.2 Å². The maximum absolute atomic E-state index is 13.1. The lowest BCUT2D eigenvalue weighted by Crippen LogP contribution is -2.27. The number of rotatable bonds is 3. The second kappa shape index (κ2) is 6.97. The normalized spacial score (nSPS) is 16.3. The maximum atomic E-state index is 13.1. The number of carbonyl (C=O) groups is 2. The summed E-state index contributed by atoms with van der Waals surface area (Å²) in [6.45, 7) is 0.00172. The van der Waals surface area contributed by atoms with E-state index in [-0.39, 0.29) is 16.8 Å². The molecule has 3 rings (SSSR count). The van der Waals surface area contributed by atoms with Crippen molar-refractivity contribution < 1.29 is 14.0 Å². The second-order valence-electron chi connectivity index (χ2n) is 5.06. The SMILES string of the molecule is O=C1S/C(=C/c2ccc(Cl)cc2)C(=O)N1Cc1ccc(F)cc1Cl. The molecule has 2 aromatic rings. The van der Waals surface area contributed by atoms with Crippen LogP contribution in [0.25, 0.3) is 6.08 Å². The molecule has 1 saturated heterocycles. The van der Waals surface area contributed by atoms with Crippen LogP contribution in [-0.4, -0.2) is 16.0 Å². The topological polar surface area (TPSA) is 37.4 Å². The molecule has 24 heavy (non-hydrogen) atoms. The summed E-state index contributed by atoms with van der Waals surface area (Å²) in [4.78, 5) is 26.0. The van der Waals surface area contributed by atoms with Crippen LogP contribution < -0.4 is 0 Å². The highest BCUT2D eigenvalue weighted by molar-refractivity contribution is 8.18. The van der Waals surface area contributed by atoms with Gasteiger partial charge < -0.3 is 0 Å². The lowest BCUT2D eigenvalue weighted by Gasteiger charge is -2.13. The number of amides is 2. The third-order valence-corrected chi connectivity index (χ3v) is 4.90. The number of nitrogens with zero attached hydrogens (tertiary/aromatic N) is 1. The number of halogens is 3. The van der Waals surface area contributed by atoms with E-state index in [4.69, 9.17) is 23.2 Å². The highest BCUT2D eigenvalue weighted by atomic mass is 35.5. The number of hydrogen-bond acceptors (Lipinski definition) is 3. The standard InChI is InChI=1S/C17H10Cl2FNO2S/c18-12-4-1-10(2-5-12)7-15-16(22)21(17(23)24-15)9-11-3-6-13(20)8-14(11)19/h1-8H,9H2/b15-7+. The van der Waals surface area contributed by atoms with Crippen LogP contribution in [-0.2, 0) is 11.3 Å². The third kappa shape index (κ3) is 3.64. The van der Waals surface area contributed by atoms with Gasteiger partial charge in [0.15, 0.2) is 0 Å². The molecule has 0 N–H and O–H groups in total. The third-order valence-electron chi connectivity index (χ3n) is 3.38. The fourth-order valence-corrected chi connectivity index (χ4v) is 3.36. The monoisotopic (exact) mass is 381 g/mol. The first-order chi connectivity index (χ1) is 11.4. The Morgan fingerprint density at radius 3 is 2.46 bits per heavy atom. The molecule has 0 bridgehead atoms. The van der Waals surface area contributed by atoms with Crippen molar-refractivity contribution in [2.24, 2.45) is 0 Å². The van der Waals surface area contributed by atoms with Crippen molar-refractivity contribution in [3.8, 4) is 0 Å². The molecule has 7 heteroatoms. The van der Waals surface area contributed by atoms with E-state index in [1.54, 1.807) is 30.3 Å². The smallest absolute Gasteiger partial charge is 0.268 e. The summed E-state index contributed by atoms with van der Waals surface area (Å²) in [6, 6.07) is 10.8. The Balaban J connectivity index is 1.82. The minimum atomic E-state index is -0.472. The van der Waals surface area contributed by atoms with Gasteiger partial charge in [-0.1, -0.05) is 41.4 Å². The molecule has 0 aliphatic carbocycles. The van der Waals surface area contributed by atoms with Gasteiger partial charge in [-0.2, -0.15) is 0 Å². The quantitative estimate of drug-likeness (QED) is 0.670. The van der Waals surface area contributed by atoms with E-state index in [1.807, 2.05) is 0 Å². The molecule has 0 atom stereocenters. The minimum Gasteiger partial charge on any atom is -0.268 e. The number of carbonyl (C=O) groups excluding carboxylic acids is 2. The van der Waals surface area contributed by atoms with Crippen molar-refractivity contribution in [2.75, 3.05) is 0 Å². The van der Waals surface area contributed by atoms with Crippen LogP contribution in [0.3, 0.4) is 0 Å². The van der Waals surface area contributed by atoms with Crippen LogP contribution >= 0.6 is 35.0 Å². The van der Waals surface area contributed by atoms with E-state index >= 15 is 0 Å². The Hall–Kier alpha value is -1.82. The van der Waals surface area contributed by atoms with Crippen LogP contribution in [0.1, 0.15) is 11.1 Å².